The van der Waals surface area contributed by atoms with Gasteiger partial charge in [0.05, 0.1) is 13.2 Å². The summed E-state index contributed by atoms with van der Waals surface area (Å²) in [5.74, 6) is 0.754. The molecule has 144 valence electrons. The molecule has 3 rings (SSSR count). The molecule has 4 heteroatoms. The van der Waals surface area contributed by atoms with Gasteiger partial charge in [0.1, 0.15) is 0 Å². The predicted molar refractivity (Wildman–Crippen MR) is 104 cm³/mol. The van der Waals surface area contributed by atoms with Gasteiger partial charge in [-0.05, 0) is 36.3 Å². The highest BCUT2D eigenvalue weighted by Gasteiger charge is 2.47. The van der Waals surface area contributed by atoms with Crippen molar-refractivity contribution < 1.29 is 14.6 Å². The van der Waals surface area contributed by atoms with Crippen LogP contribution in [0.2, 0.25) is 0 Å². The molecule has 2 fully saturated rings. The molecule has 1 aromatic rings. The van der Waals surface area contributed by atoms with Gasteiger partial charge in [-0.2, -0.15) is 0 Å². The molecular formula is C22H33NO3. The third-order valence-electron chi connectivity index (χ3n) is 6.15. The first-order valence-electron chi connectivity index (χ1n) is 9.89. The van der Waals surface area contributed by atoms with Crippen LogP contribution in [0.1, 0.15) is 56.0 Å². The molecule has 4 nitrogen and oxygen atoms in total. The average Bonchev–Trinajstić information content (AvgIpc) is 3.00. The molecular weight excluding hydrogens is 326 g/mol. The SMILES string of the molecule is CC(C)(C)c1ccc(C(=O)CCCN2C[C@@H]3CCOC[C@]3(CO)C2)cc1. The number of ether oxygens (including phenoxy) is 1. The number of aliphatic hydroxyl groups excluding tert-OH is 1. The number of benzene rings is 1. The van der Waals surface area contributed by atoms with Crippen molar-refractivity contribution in [3.05, 3.63) is 35.4 Å². The molecule has 0 bridgehead atoms. The molecule has 2 atom stereocenters. The van der Waals surface area contributed by atoms with Gasteiger partial charge in [-0.25, -0.2) is 0 Å². The number of hydrogen-bond acceptors (Lipinski definition) is 4. The maximum atomic E-state index is 12.5. The van der Waals surface area contributed by atoms with Crippen molar-refractivity contribution in [1.82, 2.24) is 4.90 Å². The van der Waals surface area contributed by atoms with Crippen molar-refractivity contribution in [1.29, 1.82) is 0 Å². The summed E-state index contributed by atoms with van der Waals surface area (Å²) in [5, 5.41) is 9.85. The summed E-state index contributed by atoms with van der Waals surface area (Å²) >= 11 is 0. The maximum Gasteiger partial charge on any atom is 0.162 e. The van der Waals surface area contributed by atoms with Crippen molar-refractivity contribution in [2.75, 3.05) is 39.5 Å². The van der Waals surface area contributed by atoms with Gasteiger partial charge in [0.2, 0.25) is 0 Å². The molecule has 0 radical (unpaired) electrons. The Balaban J connectivity index is 1.48. The lowest BCUT2D eigenvalue weighted by atomic mass is 9.76. The molecule has 2 aliphatic heterocycles. The number of nitrogens with zero attached hydrogens (tertiary/aromatic N) is 1. The summed E-state index contributed by atoms with van der Waals surface area (Å²) in [5.41, 5.74) is 2.10. The third kappa shape index (κ3) is 4.19. The molecule has 2 saturated heterocycles. The van der Waals surface area contributed by atoms with Crippen molar-refractivity contribution in [2.24, 2.45) is 11.3 Å². The Hall–Kier alpha value is -1.23. The fourth-order valence-electron chi connectivity index (χ4n) is 4.37. The van der Waals surface area contributed by atoms with Crippen LogP contribution in [0.3, 0.4) is 0 Å². The van der Waals surface area contributed by atoms with Gasteiger partial charge in [0.25, 0.3) is 0 Å². The largest absolute Gasteiger partial charge is 0.396 e. The minimum atomic E-state index is -0.0783. The van der Waals surface area contributed by atoms with Gasteiger partial charge in [0, 0.05) is 37.1 Å². The second-order valence-corrected chi connectivity index (χ2v) is 9.15. The number of likely N-dealkylation sites (tertiary alicyclic amines) is 1. The van der Waals surface area contributed by atoms with Crippen molar-refractivity contribution in [3.63, 3.8) is 0 Å². The van der Waals surface area contributed by atoms with Gasteiger partial charge >= 0.3 is 0 Å². The van der Waals surface area contributed by atoms with E-state index in [0.29, 0.717) is 18.9 Å². The first-order valence-corrected chi connectivity index (χ1v) is 9.89. The first-order chi connectivity index (χ1) is 12.3. The molecule has 0 aromatic heterocycles. The van der Waals surface area contributed by atoms with Gasteiger partial charge < -0.3 is 14.7 Å². The summed E-state index contributed by atoms with van der Waals surface area (Å²) in [6.07, 6.45) is 2.49. The topological polar surface area (TPSA) is 49.8 Å². The van der Waals surface area contributed by atoms with E-state index >= 15 is 0 Å². The Kier molecular flexibility index (Phi) is 5.85. The highest BCUT2D eigenvalue weighted by molar-refractivity contribution is 5.96. The van der Waals surface area contributed by atoms with Crippen LogP contribution < -0.4 is 0 Å². The molecule has 0 unspecified atom stereocenters. The highest BCUT2D eigenvalue weighted by Crippen LogP contribution is 2.40. The fraction of sp³-hybridized carbons (Fsp3) is 0.682. The van der Waals surface area contributed by atoms with Crippen LogP contribution in [0.25, 0.3) is 0 Å². The van der Waals surface area contributed by atoms with Gasteiger partial charge in [0.15, 0.2) is 5.78 Å². The minimum absolute atomic E-state index is 0.0783. The molecule has 0 amide bonds. The molecule has 1 N–H and O–H groups in total. The minimum Gasteiger partial charge on any atom is -0.396 e. The van der Waals surface area contributed by atoms with E-state index in [0.717, 1.165) is 44.6 Å². The van der Waals surface area contributed by atoms with E-state index in [1.54, 1.807) is 0 Å². The summed E-state index contributed by atoms with van der Waals surface area (Å²) in [6, 6.07) is 8.07. The lowest BCUT2D eigenvalue weighted by molar-refractivity contribution is -0.0560. The van der Waals surface area contributed by atoms with Crippen LogP contribution in [0.4, 0.5) is 0 Å². The molecule has 0 saturated carbocycles. The third-order valence-corrected chi connectivity index (χ3v) is 6.15. The fourth-order valence-corrected chi connectivity index (χ4v) is 4.37. The molecule has 1 aromatic carbocycles. The lowest BCUT2D eigenvalue weighted by Gasteiger charge is -2.36. The second-order valence-electron chi connectivity index (χ2n) is 9.15. The summed E-state index contributed by atoms with van der Waals surface area (Å²) in [7, 11) is 0. The van der Waals surface area contributed by atoms with Crippen LogP contribution in [-0.4, -0.2) is 55.2 Å². The number of hydrogen-bond donors (Lipinski definition) is 1. The molecule has 2 heterocycles. The standard InChI is InChI=1S/C22H33NO3/c1-21(2,3)18-8-6-17(7-9-18)20(25)5-4-11-23-13-19-10-12-26-16-22(19,14-23)15-24/h6-9,19,24H,4-5,10-16H2,1-3H3/t19-,22+/m0/s1. The molecule has 0 aliphatic carbocycles. The Morgan fingerprint density at radius 2 is 2.04 bits per heavy atom. The van der Waals surface area contributed by atoms with E-state index in [2.05, 4.69) is 37.8 Å². The Labute approximate surface area is 157 Å². The normalized spacial score (nSPS) is 26.7. The highest BCUT2D eigenvalue weighted by atomic mass is 16.5. The van der Waals surface area contributed by atoms with Crippen molar-refractivity contribution in [3.8, 4) is 0 Å². The lowest BCUT2D eigenvalue weighted by Crippen LogP contribution is -2.43. The number of fused-ring (bicyclic) bond motifs is 1. The second kappa shape index (κ2) is 7.79. The number of rotatable bonds is 6. The zero-order valence-electron chi connectivity index (χ0n) is 16.5. The number of aliphatic hydroxyl groups is 1. The van der Waals surface area contributed by atoms with Crippen LogP contribution in [-0.2, 0) is 10.2 Å². The van der Waals surface area contributed by atoms with Crippen molar-refractivity contribution in [2.45, 2.75) is 45.4 Å². The van der Waals surface area contributed by atoms with Crippen LogP contribution in [0.5, 0.6) is 0 Å². The number of ketones is 1. The summed E-state index contributed by atoms with van der Waals surface area (Å²) < 4.78 is 5.62. The number of carbonyl (C=O) groups excluding carboxylic acids is 1. The van der Waals surface area contributed by atoms with Gasteiger partial charge in [-0.3, -0.25) is 4.79 Å². The first kappa shape index (κ1) is 19.5. The Morgan fingerprint density at radius 3 is 2.65 bits per heavy atom. The zero-order chi connectivity index (χ0) is 18.8. The average molecular weight is 360 g/mol. The smallest absolute Gasteiger partial charge is 0.162 e. The van der Waals surface area contributed by atoms with Gasteiger partial charge in [-0.15, -0.1) is 0 Å². The quantitative estimate of drug-likeness (QED) is 0.792. The van der Waals surface area contributed by atoms with E-state index in [4.69, 9.17) is 4.74 Å². The van der Waals surface area contributed by atoms with Crippen LogP contribution in [0, 0.1) is 11.3 Å². The molecule has 2 aliphatic rings. The maximum absolute atomic E-state index is 12.5. The summed E-state index contributed by atoms with van der Waals surface area (Å²) in [6.45, 7) is 11.1. The van der Waals surface area contributed by atoms with E-state index in [1.165, 1.54) is 5.56 Å². The van der Waals surface area contributed by atoms with Crippen molar-refractivity contribution >= 4 is 5.78 Å². The van der Waals surface area contributed by atoms with Crippen LogP contribution in [0.15, 0.2) is 24.3 Å². The monoisotopic (exact) mass is 359 g/mol. The van der Waals surface area contributed by atoms with Gasteiger partial charge in [-0.1, -0.05) is 45.0 Å². The Morgan fingerprint density at radius 1 is 1.31 bits per heavy atom. The number of Topliss-reactive ketones (excluding diaryl/α,β-unsaturated/α-hetero) is 1. The van der Waals surface area contributed by atoms with Crippen LogP contribution >= 0.6 is 0 Å². The zero-order valence-corrected chi connectivity index (χ0v) is 16.5. The van der Waals surface area contributed by atoms with E-state index in [1.807, 2.05) is 12.1 Å². The van der Waals surface area contributed by atoms with E-state index < -0.39 is 0 Å². The number of carbonyl (C=O) groups is 1. The van der Waals surface area contributed by atoms with E-state index in [9.17, 15) is 9.90 Å². The molecule has 26 heavy (non-hydrogen) atoms. The van der Waals surface area contributed by atoms with E-state index in [-0.39, 0.29) is 23.2 Å². The molecule has 0 spiro atoms. The Bertz CT molecular complexity index is 619. The summed E-state index contributed by atoms with van der Waals surface area (Å²) in [4.78, 5) is 14.9. The predicted octanol–water partition coefficient (Wildman–Crippen LogP) is 3.28.